The van der Waals surface area contributed by atoms with Gasteiger partial charge in [0, 0.05) is 0 Å². The van der Waals surface area contributed by atoms with Gasteiger partial charge in [-0.1, -0.05) is 0 Å². The Morgan fingerprint density at radius 2 is 0.778 bits per heavy atom. The van der Waals surface area contributed by atoms with E-state index in [1.54, 1.807) is 0 Å². The van der Waals surface area contributed by atoms with E-state index in [-0.39, 0.29) is 154 Å². The molecule has 0 spiro atoms. The van der Waals surface area contributed by atoms with Crippen molar-refractivity contribution < 1.29 is 226 Å². The van der Waals surface area contributed by atoms with E-state index in [1.165, 1.54) is 0 Å². The predicted molar refractivity (Wildman–Crippen MR) is 62.1 cm³/mol. The summed E-state index contributed by atoms with van der Waals surface area (Å²) in [5.74, 6) is 0. The molecule has 0 bridgehead atoms. The van der Waals surface area contributed by atoms with Gasteiger partial charge in [-0.3, -0.25) is 13.7 Å². The third kappa shape index (κ3) is 13.6. The van der Waals surface area contributed by atoms with E-state index in [4.69, 9.17) is 14.7 Å². The van der Waals surface area contributed by atoms with E-state index in [0.29, 0.717) is 0 Å². The molecule has 3 unspecified atom stereocenters. The van der Waals surface area contributed by atoms with Gasteiger partial charge in [-0.25, -0.2) is 0 Å². The SMILES string of the molecule is O=P([O-])(O)O[C@@H]1[C@@H](O)[C@@H](O)[C@@H](OP(=O)([O-])O)[C@H](OP(=O)([O-])O)[C@H]1O.[K+].[K+].[K+]. The van der Waals surface area contributed by atoms with Gasteiger partial charge in [0.2, 0.25) is 0 Å². The molecule has 27 heavy (non-hydrogen) atoms. The Labute approximate surface area is 279 Å². The quantitative estimate of drug-likeness (QED) is 0.136. The van der Waals surface area contributed by atoms with Gasteiger partial charge in [0.15, 0.2) is 0 Å². The number of hydrogen-bond donors (Lipinski definition) is 6. The molecule has 0 aromatic heterocycles. The molecule has 0 heterocycles. The molecule has 0 aliphatic heterocycles. The average Bonchev–Trinajstić information content (AvgIpc) is 2.32. The summed E-state index contributed by atoms with van der Waals surface area (Å²) < 4.78 is 43.9. The van der Waals surface area contributed by atoms with Crippen molar-refractivity contribution in [2.24, 2.45) is 0 Å². The fraction of sp³-hybridized carbons (Fsp3) is 1.00. The monoisotopic (exact) mass is 534 g/mol. The number of rotatable bonds is 6. The molecule has 0 saturated heterocycles. The molecule has 0 radical (unpaired) electrons. The van der Waals surface area contributed by atoms with Crippen LogP contribution in [-0.2, 0) is 27.3 Å². The fourth-order valence-electron chi connectivity index (χ4n) is 2.00. The molecule has 21 heteroatoms. The van der Waals surface area contributed by atoms with Crippen LogP contribution in [0.3, 0.4) is 0 Å². The van der Waals surface area contributed by atoms with Gasteiger partial charge >= 0.3 is 154 Å². The Balaban J connectivity index is -0.00000192. The molecule has 1 rings (SSSR count). The smallest absolute Gasteiger partial charge is 0.756 e. The first-order chi connectivity index (χ1) is 10.5. The van der Waals surface area contributed by atoms with E-state index < -0.39 is 60.1 Å². The van der Waals surface area contributed by atoms with Crippen LogP contribution in [0.4, 0.5) is 0 Å². The third-order valence-corrected chi connectivity index (χ3v) is 4.31. The first kappa shape index (κ1) is 36.7. The zero-order valence-electron chi connectivity index (χ0n) is 14.2. The van der Waals surface area contributed by atoms with Crippen LogP contribution in [0.15, 0.2) is 0 Å². The molecule has 15 nitrogen and oxygen atoms in total. The maximum Gasteiger partial charge on any atom is 1.00 e. The number of phosphoric acid groups is 3. The van der Waals surface area contributed by atoms with Crippen LogP contribution in [0.5, 0.6) is 0 Å². The van der Waals surface area contributed by atoms with Crippen LogP contribution < -0.4 is 169 Å². The van der Waals surface area contributed by atoms with Crippen molar-refractivity contribution in [3.63, 3.8) is 0 Å². The Bertz CT molecular complexity index is 587. The zero-order chi connectivity index (χ0) is 19.1. The molecule has 1 aliphatic rings. The van der Waals surface area contributed by atoms with Gasteiger partial charge in [0.25, 0.3) is 23.5 Å². The van der Waals surface area contributed by atoms with E-state index in [9.17, 15) is 43.7 Å². The molecule has 0 amide bonds. The summed E-state index contributed by atoms with van der Waals surface area (Å²) >= 11 is 0. The Morgan fingerprint density at radius 3 is 1.07 bits per heavy atom. The summed E-state index contributed by atoms with van der Waals surface area (Å²) in [7, 11) is -17.0. The number of phosphoric ester groups is 3. The summed E-state index contributed by atoms with van der Waals surface area (Å²) in [6.45, 7) is 0. The van der Waals surface area contributed by atoms with Crippen LogP contribution in [0.2, 0.25) is 0 Å². The van der Waals surface area contributed by atoms with Crippen LogP contribution in [0, 0.1) is 0 Å². The van der Waals surface area contributed by atoms with Gasteiger partial charge in [-0.2, -0.15) is 0 Å². The Kier molecular flexibility index (Phi) is 19.7. The maximum absolute atomic E-state index is 10.8. The van der Waals surface area contributed by atoms with Gasteiger partial charge in [0.1, 0.15) is 36.6 Å². The van der Waals surface area contributed by atoms with Gasteiger partial charge in [0.05, 0.1) is 0 Å². The van der Waals surface area contributed by atoms with Crippen LogP contribution in [0.1, 0.15) is 0 Å². The number of aliphatic hydroxyl groups is 3. The topological polar surface area (TPSA) is 269 Å². The van der Waals surface area contributed by atoms with E-state index in [0.717, 1.165) is 0 Å². The molecule has 1 fully saturated rings. The molecule has 0 aromatic carbocycles. The van der Waals surface area contributed by atoms with Crippen molar-refractivity contribution in [2.75, 3.05) is 0 Å². The van der Waals surface area contributed by atoms with Crippen LogP contribution in [0.25, 0.3) is 0 Å². The van der Waals surface area contributed by atoms with Crippen LogP contribution >= 0.6 is 23.5 Å². The maximum atomic E-state index is 10.8. The number of hydrogen-bond acceptors (Lipinski definition) is 12. The average molecular weight is 534 g/mol. The molecule has 9 atom stereocenters. The summed E-state index contributed by atoms with van der Waals surface area (Å²) in [5, 5.41) is 29.1. The largest absolute Gasteiger partial charge is 1.00 e. The molecular formula is C6H12K3O15P3. The van der Waals surface area contributed by atoms with Crippen LogP contribution in [-0.4, -0.2) is 66.6 Å². The second-order valence-corrected chi connectivity index (χ2v) is 8.03. The Hall–Kier alpha value is 5.12. The second-order valence-electron chi connectivity index (χ2n) is 4.59. The number of aliphatic hydroxyl groups excluding tert-OH is 3. The van der Waals surface area contributed by atoms with Crippen molar-refractivity contribution in [1.29, 1.82) is 0 Å². The predicted octanol–water partition coefficient (Wildman–Crippen LogP) is -14.4. The summed E-state index contributed by atoms with van der Waals surface area (Å²) in [4.78, 5) is 58.0. The minimum atomic E-state index is -5.72. The molecule has 1 saturated carbocycles. The van der Waals surface area contributed by atoms with Gasteiger partial charge < -0.3 is 58.3 Å². The fourth-order valence-corrected chi connectivity index (χ4v) is 3.66. The third-order valence-electron chi connectivity index (χ3n) is 2.78. The zero-order valence-corrected chi connectivity index (χ0v) is 26.2. The normalized spacial score (nSPS) is 37.2. The van der Waals surface area contributed by atoms with Gasteiger partial charge in [-0.15, -0.1) is 0 Å². The first-order valence-corrected chi connectivity index (χ1v) is 10.2. The van der Waals surface area contributed by atoms with Gasteiger partial charge in [-0.05, 0) is 0 Å². The molecule has 0 aromatic rings. The molecule has 144 valence electrons. The van der Waals surface area contributed by atoms with Crippen molar-refractivity contribution in [1.82, 2.24) is 0 Å². The van der Waals surface area contributed by atoms with Crippen molar-refractivity contribution in [3.8, 4) is 0 Å². The van der Waals surface area contributed by atoms with E-state index in [2.05, 4.69) is 13.6 Å². The van der Waals surface area contributed by atoms with Crippen molar-refractivity contribution in [2.45, 2.75) is 36.6 Å². The summed E-state index contributed by atoms with van der Waals surface area (Å²) in [6.07, 6.45) is -15.0. The minimum Gasteiger partial charge on any atom is -0.756 e. The standard InChI is InChI=1S/C6H15O15P3.3K/c7-1-2(8)5(20-23(13,14)15)6(21-24(16,17)18)3(9)4(1)19-22(10,11)12;;;/h1-9H,(H2,10,11,12)(H2,13,14,15)(H2,16,17,18);;;/q;3*+1/p-3/t1-,2+,3-,4+,5+,6+;;;/m0.../s1. The molecule has 1 aliphatic carbocycles. The second kappa shape index (κ2) is 14.5. The molecular weight excluding hydrogens is 522 g/mol. The summed E-state index contributed by atoms with van der Waals surface area (Å²) in [6, 6.07) is 0. The first-order valence-electron chi connectivity index (χ1n) is 5.72. The summed E-state index contributed by atoms with van der Waals surface area (Å²) in [5.41, 5.74) is 0. The van der Waals surface area contributed by atoms with Crippen molar-refractivity contribution >= 4 is 23.5 Å². The minimum absolute atomic E-state index is 0. The molecule has 6 N–H and O–H groups in total. The van der Waals surface area contributed by atoms with E-state index >= 15 is 0 Å². The van der Waals surface area contributed by atoms with Crippen molar-refractivity contribution in [3.05, 3.63) is 0 Å². The Morgan fingerprint density at radius 1 is 0.556 bits per heavy atom. The van der Waals surface area contributed by atoms with E-state index in [1.807, 2.05) is 0 Å².